The molecule has 0 aliphatic carbocycles. The summed E-state index contributed by atoms with van der Waals surface area (Å²) in [6.07, 6.45) is 3.12. The number of halogens is 1. The predicted octanol–water partition coefficient (Wildman–Crippen LogP) is 3.15. The molecule has 2 aromatic carbocycles. The van der Waals surface area contributed by atoms with Gasteiger partial charge in [0.1, 0.15) is 0 Å². The van der Waals surface area contributed by atoms with E-state index in [1.165, 1.54) is 4.80 Å². The van der Waals surface area contributed by atoms with Crippen LogP contribution in [0.4, 0.5) is 0 Å². The Morgan fingerprint density at radius 3 is 2.40 bits per heavy atom. The number of benzene rings is 2. The SMILES string of the molecule is O=C(c1ccccc1)c1cc(Cl)ccc1-n1nccn1. The molecule has 0 unspecified atom stereocenters. The van der Waals surface area contributed by atoms with Gasteiger partial charge in [0, 0.05) is 10.6 Å². The van der Waals surface area contributed by atoms with Crippen LogP contribution >= 0.6 is 11.6 Å². The summed E-state index contributed by atoms with van der Waals surface area (Å²) in [5.74, 6) is -0.111. The Morgan fingerprint density at radius 1 is 1.00 bits per heavy atom. The number of hydrogen-bond acceptors (Lipinski definition) is 3. The van der Waals surface area contributed by atoms with Crippen molar-refractivity contribution in [3.8, 4) is 5.69 Å². The highest BCUT2D eigenvalue weighted by atomic mass is 35.5. The Kier molecular flexibility index (Phi) is 3.31. The van der Waals surface area contributed by atoms with Crippen molar-refractivity contribution in [2.75, 3.05) is 0 Å². The highest BCUT2D eigenvalue weighted by Gasteiger charge is 2.16. The van der Waals surface area contributed by atoms with E-state index in [1.807, 2.05) is 18.2 Å². The zero-order valence-electron chi connectivity index (χ0n) is 10.4. The third-order valence-electron chi connectivity index (χ3n) is 2.87. The number of carbonyl (C=O) groups excluding carboxylic acids is 1. The summed E-state index contributed by atoms with van der Waals surface area (Å²) in [4.78, 5) is 14.0. The molecule has 0 spiro atoms. The van der Waals surface area contributed by atoms with Crippen LogP contribution in [0.1, 0.15) is 15.9 Å². The molecule has 0 aliphatic heterocycles. The van der Waals surface area contributed by atoms with E-state index in [0.29, 0.717) is 21.8 Å². The van der Waals surface area contributed by atoms with Crippen LogP contribution in [0.2, 0.25) is 5.02 Å². The van der Waals surface area contributed by atoms with Crippen molar-refractivity contribution >= 4 is 17.4 Å². The van der Waals surface area contributed by atoms with Crippen LogP contribution in [0.25, 0.3) is 5.69 Å². The number of aromatic nitrogens is 3. The number of ketones is 1. The van der Waals surface area contributed by atoms with E-state index >= 15 is 0 Å². The minimum atomic E-state index is -0.111. The van der Waals surface area contributed by atoms with Crippen LogP contribution in [-0.2, 0) is 0 Å². The minimum absolute atomic E-state index is 0.111. The van der Waals surface area contributed by atoms with E-state index in [4.69, 9.17) is 11.6 Å². The van der Waals surface area contributed by atoms with Gasteiger partial charge in [-0.25, -0.2) is 0 Å². The Balaban J connectivity index is 2.13. The molecule has 3 aromatic rings. The number of carbonyl (C=O) groups is 1. The average Bonchev–Trinajstić information content (AvgIpc) is 3.01. The predicted molar refractivity (Wildman–Crippen MR) is 76.2 cm³/mol. The number of rotatable bonds is 3. The summed E-state index contributed by atoms with van der Waals surface area (Å²) in [6, 6.07) is 14.1. The van der Waals surface area contributed by atoms with Gasteiger partial charge in [0.05, 0.1) is 23.6 Å². The van der Waals surface area contributed by atoms with Crippen molar-refractivity contribution in [3.63, 3.8) is 0 Å². The molecule has 0 saturated carbocycles. The average molecular weight is 284 g/mol. The smallest absolute Gasteiger partial charge is 0.195 e. The maximum absolute atomic E-state index is 12.6. The summed E-state index contributed by atoms with van der Waals surface area (Å²) < 4.78 is 0. The molecule has 0 aliphatic rings. The molecule has 5 heteroatoms. The topological polar surface area (TPSA) is 47.8 Å². The molecule has 0 saturated heterocycles. The first-order valence-corrected chi connectivity index (χ1v) is 6.39. The zero-order valence-corrected chi connectivity index (χ0v) is 11.2. The summed E-state index contributed by atoms with van der Waals surface area (Å²) in [6.45, 7) is 0. The van der Waals surface area contributed by atoms with Crippen LogP contribution in [0.15, 0.2) is 60.9 Å². The van der Waals surface area contributed by atoms with Crippen LogP contribution in [-0.4, -0.2) is 20.8 Å². The zero-order chi connectivity index (χ0) is 13.9. The number of nitrogens with zero attached hydrogens (tertiary/aromatic N) is 3. The molecular weight excluding hydrogens is 274 g/mol. The monoisotopic (exact) mass is 283 g/mol. The summed E-state index contributed by atoms with van der Waals surface area (Å²) >= 11 is 6.01. The number of hydrogen-bond donors (Lipinski definition) is 0. The summed E-state index contributed by atoms with van der Waals surface area (Å²) in [7, 11) is 0. The first-order valence-electron chi connectivity index (χ1n) is 6.02. The molecule has 3 rings (SSSR count). The van der Waals surface area contributed by atoms with E-state index in [1.54, 1.807) is 42.7 Å². The standard InChI is InChI=1S/C15H10ClN3O/c16-12-6-7-14(19-17-8-9-18-19)13(10-12)15(20)11-4-2-1-3-5-11/h1-10H. The van der Waals surface area contributed by atoms with Crippen molar-refractivity contribution in [3.05, 3.63) is 77.1 Å². The van der Waals surface area contributed by atoms with Crippen molar-refractivity contribution in [2.24, 2.45) is 0 Å². The molecule has 0 fully saturated rings. The third kappa shape index (κ3) is 2.33. The first-order chi connectivity index (χ1) is 9.75. The summed E-state index contributed by atoms with van der Waals surface area (Å²) in [5, 5.41) is 8.63. The molecule has 0 N–H and O–H groups in total. The molecule has 1 heterocycles. The molecule has 0 bridgehead atoms. The lowest BCUT2D eigenvalue weighted by Gasteiger charge is -2.08. The summed E-state index contributed by atoms with van der Waals surface area (Å²) in [5.41, 5.74) is 1.68. The second-order valence-electron chi connectivity index (χ2n) is 4.18. The van der Waals surface area contributed by atoms with Gasteiger partial charge in [-0.3, -0.25) is 4.79 Å². The molecule has 0 amide bonds. The van der Waals surface area contributed by atoms with E-state index in [2.05, 4.69) is 10.2 Å². The Bertz CT molecular complexity index is 739. The van der Waals surface area contributed by atoms with Crippen LogP contribution in [0, 0.1) is 0 Å². The first kappa shape index (κ1) is 12.6. The second-order valence-corrected chi connectivity index (χ2v) is 4.61. The molecular formula is C15H10ClN3O. The fourth-order valence-corrected chi connectivity index (χ4v) is 2.12. The normalized spacial score (nSPS) is 10.4. The van der Waals surface area contributed by atoms with E-state index in [0.717, 1.165) is 0 Å². The van der Waals surface area contributed by atoms with Crippen molar-refractivity contribution in [1.82, 2.24) is 15.0 Å². The lowest BCUT2D eigenvalue weighted by Crippen LogP contribution is -2.09. The van der Waals surface area contributed by atoms with Gasteiger partial charge in [0.2, 0.25) is 0 Å². The van der Waals surface area contributed by atoms with Gasteiger partial charge in [0.15, 0.2) is 5.78 Å². The van der Waals surface area contributed by atoms with E-state index in [-0.39, 0.29) is 5.78 Å². The van der Waals surface area contributed by atoms with Crippen LogP contribution in [0.3, 0.4) is 0 Å². The van der Waals surface area contributed by atoms with Gasteiger partial charge in [-0.15, -0.1) is 0 Å². The molecule has 0 atom stereocenters. The van der Waals surface area contributed by atoms with E-state index in [9.17, 15) is 4.79 Å². The van der Waals surface area contributed by atoms with Gasteiger partial charge in [-0.1, -0.05) is 41.9 Å². The maximum Gasteiger partial charge on any atom is 0.195 e. The Morgan fingerprint density at radius 2 is 1.70 bits per heavy atom. The third-order valence-corrected chi connectivity index (χ3v) is 3.11. The molecule has 20 heavy (non-hydrogen) atoms. The second kappa shape index (κ2) is 5.27. The molecule has 0 radical (unpaired) electrons. The highest BCUT2D eigenvalue weighted by molar-refractivity contribution is 6.31. The molecule has 4 nitrogen and oxygen atoms in total. The van der Waals surface area contributed by atoms with Crippen molar-refractivity contribution in [2.45, 2.75) is 0 Å². The highest BCUT2D eigenvalue weighted by Crippen LogP contribution is 2.21. The van der Waals surface area contributed by atoms with Gasteiger partial charge in [0.25, 0.3) is 0 Å². The quantitative estimate of drug-likeness (QED) is 0.694. The van der Waals surface area contributed by atoms with Gasteiger partial charge < -0.3 is 0 Å². The maximum atomic E-state index is 12.6. The Hall–Kier alpha value is -2.46. The largest absolute Gasteiger partial charge is 0.289 e. The Labute approximate surface area is 120 Å². The molecule has 98 valence electrons. The van der Waals surface area contributed by atoms with Crippen LogP contribution in [0.5, 0.6) is 0 Å². The lowest BCUT2D eigenvalue weighted by molar-refractivity contribution is 0.103. The van der Waals surface area contributed by atoms with Gasteiger partial charge in [-0.05, 0) is 18.2 Å². The van der Waals surface area contributed by atoms with Crippen molar-refractivity contribution < 1.29 is 4.79 Å². The molecule has 1 aromatic heterocycles. The van der Waals surface area contributed by atoms with Crippen molar-refractivity contribution in [1.29, 1.82) is 0 Å². The van der Waals surface area contributed by atoms with Crippen LogP contribution < -0.4 is 0 Å². The minimum Gasteiger partial charge on any atom is -0.289 e. The fraction of sp³-hybridized carbons (Fsp3) is 0. The van der Waals surface area contributed by atoms with Gasteiger partial charge in [-0.2, -0.15) is 15.0 Å². The van der Waals surface area contributed by atoms with E-state index < -0.39 is 0 Å². The fourth-order valence-electron chi connectivity index (χ4n) is 1.95. The van der Waals surface area contributed by atoms with Gasteiger partial charge >= 0.3 is 0 Å². The lowest BCUT2D eigenvalue weighted by atomic mass is 10.0.